The van der Waals surface area contributed by atoms with Crippen molar-refractivity contribution in [1.29, 1.82) is 0 Å². The van der Waals surface area contributed by atoms with Crippen LogP contribution in [0, 0.1) is 5.92 Å². The summed E-state index contributed by atoms with van der Waals surface area (Å²) in [6.45, 7) is 7.64. The maximum atomic E-state index is 5.72. The van der Waals surface area contributed by atoms with E-state index in [4.69, 9.17) is 9.15 Å². The first kappa shape index (κ1) is 14.1. The van der Waals surface area contributed by atoms with E-state index in [9.17, 15) is 0 Å². The molecular weight excluding hydrogens is 238 g/mol. The minimum Gasteiger partial charge on any atom is -0.460 e. The van der Waals surface area contributed by atoms with E-state index < -0.39 is 0 Å². The third-order valence-electron chi connectivity index (χ3n) is 3.04. The second-order valence-corrected chi connectivity index (χ2v) is 5.22. The van der Waals surface area contributed by atoms with E-state index in [1.165, 1.54) is 0 Å². The Morgan fingerprint density at radius 3 is 2.84 bits per heavy atom. The van der Waals surface area contributed by atoms with Crippen LogP contribution in [0.25, 0.3) is 11.0 Å². The van der Waals surface area contributed by atoms with Crippen molar-refractivity contribution in [1.82, 2.24) is 5.32 Å². The van der Waals surface area contributed by atoms with Gasteiger partial charge < -0.3 is 14.5 Å². The Morgan fingerprint density at radius 1 is 1.21 bits per heavy atom. The van der Waals surface area contributed by atoms with Gasteiger partial charge in [0, 0.05) is 18.5 Å². The molecule has 0 spiro atoms. The van der Waals surface area contributed by atoms with Gasteiger partial charge in [-0.3, -0.25) is 0 Å². The van der Waals surface area contributed by atoms with Crippen molar-refractivity contribution in [2.24, 2.45) is 5.92 Å². The number of benzene rings is 1. The van der Waals surface area contributed by atoms with Crippen LogP contribution in [-0.4, -0.2) is 19.8 Å². The van der Waals surface area contributed by atoms with Crippen molar-refractivity contribution < 1.29 is 9.15 Å². The summed E-state index contributed by atoms with van der Waals surface area (Å²) in [4.78, 5) is 0. The number of ether oxygens (including phenoxy) is 1. The lowest BCUT2D eigenvalue weighted by molar-refractivity contribution is 0.125. The number of fused-ring (bicyclic) bond motifs is 1. The highest BCUT2D eigenvalue weighted by Gasteiger charge is 2.02. The minimum absolute atomic E-state index is 0.712. The summed E-state index contributed by atoms with van der Waals surface area (Å²) in [5, 5.41) is 4.49. The first-order chi connectivity index (χ1) is 9.25. The number of hydrogen-bond acceptors (Lipinski definition) is 3. The second-order valence-electron chi connectivity index (χ2n) is 5.22. The van der Waals surface area contributed by atoms with Crippen LogP contribution in [0.3, 0.4) is 0 Å². The molecule has 0 aliphatic heterocycles. The van der Waals surface area contributed by atoms with Crippen LogP contribution in [0.15, 0.2) is 34.7 Å². The molecule has 0 saturated carbocycles. The molecule has 0 bridgehead atoms. The van der Waals surface area contributed by atoms with Gasteiger partial charge in [0.05, 0.1) is 13.2 Å². The molecule has 1 N–H and O–H groups in total. The lowest BCUT2D eigenvalue weighted by Gasteiger charge is -2.06. The average molecular weight is 261 g/mol. The molecule has 0 fully saturated rings. The molecule has 3 heteroatoms. The Morgan fingerprint density at radius 2 is 2.05 bits per heavy atom. The number of hydrogen-bond donors (Lipinski definition) is 1. The fraction of sp³-hybridized carbons (Fsp3) is 0.500. The highest BCUT2D eigenvalue weighted by Crippen LogP contribution is 2.18. The lowest BCUT2D eigenvalue weighted by atomic mass is 10.1. The second kappa shape index (κ2) is 7.31. The molecule has 0 radical (unpaired) electrons. The normalized spacial score (nSPS) is 11.5. The molecule has 1 aromatic heterocycles. The van der Waals surface area contributed by atoms with Crippen LogP contribution in [-0.2, 0) is 11.3 Å². The van der Waals surface area contributed by atoms with E-state index >= 15 is 0 Å². The average Bonchev–Trinajstić information content (AvgIpc) is 2.79. The van der Waals surface area contributed by atoms with E-state index in [2.05, 4.69) is 31.3 Å². The van der Waals surface area contributed by atoms with Gasteiger partial charge in [-0.15, -0.1) is 0 Å². The summed E-state index contributed by atoms with van der Waals surface area (Å²) in [6, 6.07) is 10.2. The van der Waals surface area contributed by atoms with E-state index in [0.29, 0.717) is 5.92 Å². The quantitative estimate of drug-likeness (QED) is 0.737. The highest BCUT2D eigenvalue weighted by atomic mass is 16.5. The van der Waals surface area contributed by atoms with Crippen LogP contribution in [0.1, 0.15) is 26.0 Å². The number of nitrogens with one attached hydrogen (secondary N) is 1. The van der Waals surface area contributed by atoms with Gasteiger partial charge in [0.1, 0.15) is 11.3 Å². The SMILES string of the molecule is CC(C)CCOCCNCc1cc2ccccc2o1. The van der Waals surface area contributed by atoms with Gasteiger partial charge in [0.25, 0.3) is 0 Å². The molecule has 0 aliphatic carbocycles. The van der Waals surface area contributed by atoms with E-state index in [-0.39, 0.29) is 0 Å². The third kappa shape index (κ3) is 4.69. The number of para-hydroxylation sites is 1. The monoisotopic (exact) mass is 261 g/mol. The molecule has 1 heterocycles. The Bertz CT molecular complexity index is 457. The molecule has 0 atom stereocenters. The van der Waals surface area contributed by atoms with Crippen molar-refractivity contribution in [3.05, 3.63) is 36.1 Å². The van der Waals surface area contributed by atoms with Crippen LogP contribution in [0.2, 0.25) is 0 Å². The van der Waals surface area contributed by atoms with E-state index in [1.807, 2.05) is 18.2 Å². The Balaban J connectivity index is 1.63. The molecule has 1 aromatic carbocycles. The highest BCUT2D eigenvalue weighted by molar-refractivity contribution is 5.77. The van der Waals surface area contributed by atoms with Crippen molar-refractivity contribution >= 4 is 11.0 Å². The van der Waals surface area contributed by atoms with E-state index in [0.717, 1.165) is 49.5 Å². The van der Waals surface area contributed by atoms with Crippen molar-refractivity contribution in [3.63, 3.8) is 0 Å². The Hall–Kier alpha value is -1.32. The fourth-order valence-electron chi connectivity index (χ4n) is 1.90. The standard InChI is InChI=1S/C16H23NO2/c1-13(2)7-9-18-10-8-17-12-15-11-14-5-3-4-6-16(14)19-15/h3-6,11,13,17H,7-10,12H2,1-2H3. The molecule has 0 saturated heterocycles. The van der Waals surface area contributed by atoms with Crippen LogP contribution >= 0.6 is 0 Å². The third-order valence-corrected chi connectivity index (χ3v) is 3.04. The number of rotatable bonds is 8. The molecule has 104 valence electrons. The molecule has 3 nitrogen and oxygen atoms in total. The summed E-state index contributed by atoms with van der Waals surface area (Å²) >= 11 is 0. The van der Waals surface area contributed by atoms with E-state index in [1.54, 1.807) is 0 Å². The summed E-state index contributed by atoms with van der Waals surface area (Å²) in [7, 11) is 0. The van der Waals surface area contributed by atoms with Crippen LogP contribution in [0.4, 0.5) is 0 Å². The van der Waals surface area contributed by atoms with Gasteiger partial charge in [0.15, 0.2) is 0 Å². The molecule has 0 amide bonds. The van der Waals surface area contributed by atoms with Crippen molar-refractivity contribution in [2.75, 3.05) is 19.8 Å². The molecule has 19 heavy (non-hydrogen) atoms. The summed E-state index contributed by atoms with van der Waals surface area (Å²) in [5.74, 6) is 1.69. The van der Waals surface area contributed by atoms with Gasteiger partial charge in [-0.1, -0.05) is 32.0 Å². The summed E-state index contributed by atoms with van der Waals surface area (Å²) in [6.07, 6.45) is 1.13. The zero-order valence-corrected chi connectivity index (χ0v) is 11.8. The Labute approximate surface area is 114 Å². The first-order valence-corrected chi connectivity index (χ1v) is 7.01. The molecule has 2 aromatic rings. The predicted molar refractivity (Wildman–Crippen MR) is 78.2 cm³/mol. The fourth-order valence-corrected chi connectivity index (χ4v) is 1.90. The predicted octanol–water partition coefficient (Wildman–Crippen LogP) is 3.59. The van der Waals surface area contributed by atoms with Gasteiger partial charge >= 0.3 is 0 Å². The lowest BCUT2D eigenvalue weighted by Crippen LogP contribution is -2.19. The zero-order chi connectivity index (χ0) is 13.5. The molecular formula is C16H23NO2. The molecule has 0 unspecified atom stereocenters. The first-order valence-electron chi connectivity index (χ1n) is 7.01. The van der Waals surface area contributed by atoms with Gasteiger partial charge in [-0.05, 0) is 24.5 Å². The van der Waals surface area contributed by atoms with Crippen molar-refractivity contribution in [2.45, 2.75) is 26.8 Å². The number of furan rings is 1. The smallest absolute Gasteiger partial charge is 0.134 e. The zero-order valence-electron chi connectivity index (χ0n) is 11.8. The maximum Gasteiger partial charge on any atom is 0.134 e. The topological polar surface area (TPSA) is 34.4 Å². The van der Waals surface area contributed by atoms with Crippen LogP contribution < -0.4 is 5.32 Å². The largest absolute Gasteiger partial charge is 0.460 e. The molecule has 2 rings (SSSR count). The summed E-state index contributed by atoms with van der Waals surface area (Å²) < 4.78 is 11.3. The Kier molecular flexibility index (Phi) is 5.43. The van der Waals surface area contributed by atoms with Gasteiger partial charge in [-0.2, -0.15) is 0 Å². The molecule has 0 aliphatic rings. The maximum absolute atomic E-state index is 5.72. The summed E-state index contributed by atoms with van der Waals surface area (Å²) in [5.41, 5.74) is 0.951. The van der Waals surface area contributed by atoms with Crippen LogP contribution in [0.5, 0.6) is 0 Å². The van der Waals surface area contributed by atoms with Gasteiger partial charge in [0.2, 0.25) is 0 Å². The van der Waals surface area contributed by atoms with Gasteiger partial charge in [-0.25, -0.2) is 0 Å². The minimum atomic E-state index is 0.712. The van der Waals surface area contributed by atoms with Crippen molar-refractivity contribution in [3.8, 4) is 0 Å².